The molecule has 13 heteroatoms. The van der Waals surface area contributed by atoms with Gasteiger partial charge in [0.15, 0.2) is 0 Å². The summed E-state index contributed by atoms with van der Waals surface area (Å²) < 4.78 is 57.5. The van der Waals surface area contributed by atoms with Crippen LogP contribution >= 0.6 is 0 Å². The Balaban J connectivity index is 0.000000489. The van der Waals surface area contributed by atoms with Crippen molar-refractivity contribution in [3.05, 3.63) is 65.7 Å². The first-order chi connectivity index (χ1) is 15.8. The van der Waals surface area contributed by atoms with Gasteiger partial charge in [0.05, 0.1) is 18.2 Å². The molecular weight excluding hydrogens is 486 g/mol. The van der Waals surface area contributed by atoms with E-state index in [0.717, 1.165) is 35.7 Å². The van der Waals surface area contributed by atoms with Crippen molar-refractivity contribution in [2.75, 3.05) is 32.1 Å². The summed E-state index contributed by atoms with van der Waals surface area (Å²) >= 11 is 0. The molecule has 190 valence electrons. The molecule has 1 aliphatic heterocycles. The Morgan fingerprint density at radius 2 is 1.47 bits per heavy atom. The molecule has 3 rings (SSSR count). The van der Waals surface area contributed by atoms with Crippen molar-refractivity contribution in [3.63, 3.8) is 0 Å². The van der Waals surface area contributed by atoms with Gasteiger partial charge >= 0.3 is 0 Å². The predicted molar refractivity (Wildman–Crippen MR) is 130 cm³/mol. The highest BCUT2D eigenvalue weighted by atomic mass is 32.2. The quantitative estimate of drug-likeness (QED) is 0.309. The van der Waals surface area contributed by atoms with Crippen molar-refractivity contribution in [2.24, 2.45) is 16.8 Å². The molecule has 2 aromatic carbocycles. The minimum atomic E-state index is -3.67. The Morgan fingerprint density at radius 3 is 2.00 bits per heavy atom. The van der Waals surface area contributed by atoms with E-state index in [1.54, 1.807) is 0 Å². The zero-order chi connectivity index (χ0) is 25.6. The maximum atomic E-state index is 9.19. The molecule has 1 heterocycles. The van der Waals surface area contributed by atoms with E-state index in [1.807, 2.05) is 54.6 Å². The molecule has 1 aliphatic rings. The zero-order valence-corrected chi connectivity index (χ0v) is 20.6. The third-order valence-corrected chi connectivity index (χ3v) is 4.04. The van der Waals surface area contributed by atoms with Crippen molar-refractivity contribution in [1.29, 1.82) is 0 Å². The Kier molecular flexibility index (Phi) is 12.7. The van der Waals surface area contributed by atoms with Gasteiger partial charge in [-0.1, -0.05) is 47.6 Å². The second-order valence-corrected chi connectivity index (χ2v) is 10.2. The van der Waals surface area contributed by atoms with Crippen LogP contribution in [0.5, 0.6) is 5.75 Å². The number of oxime groups is 1. The number of ether oxygens (including phenoxy) is 1. The lowest BCUT2D eigenvalue weighted by molar-refractivity contribution is 0.129. The fourth-order valence-electron chi connectivity index (χ4n) is 2.58. The van der Waals surface area contributed by atoms with Crippen LogP contribution in [0.3, 0.4) is 0 Å². The van der Waals surface area contributed by atoms with E-state index >= 15 is 0 Å². The van der Waals surface area contributed by atoms with Gasteiger partial charge in [-0.2, -0.15) is 16.8 Å². The van der Waals surface area contributed by atoms with Gasteiger partial charge in [-0.25, -0.2) is 0 Å². The highest BCUT2D eigenvalue weighted by Gasteiger charge is 2.21. The molecule has 1 fully saturated rings. The van der Waals surface area contributed by atoms with Crippen LogP contribution in [0.2, 0.25) is 0 Å². The number of hydrogen-bond acceptors (Lipinski definition) is 9. The average Bonchev–Trinajstić information content (AvgIpc) is 3.19. The van der Waals surface area contributed by atoms with Crippen LogP contribution in [0.4, 0.5) is 0 Å². The third kappa shape index (κ3) is 16.1. The van der Waals surface area contributed by atoms with Crippen LogP contribution in [-0.4, -0.2) is 63.8 Å². The fraction of sp³-hybridized carbons (Fsp3) is 0.381. The van der Waals surface area contributed by atoms with E-state index < -0.39 is 20.2 Å². The molecule has 2 aromatic rings. The molecule has 34 heavy (non-hydrogen) atoms. The van der Waals surface area contributed by atoms with Gasteiger partial charge in [-0.3, -0.25) is 9.11 Å². The molecule has 0 saturated carbocycles. The standard InChI is InChI=1S/C19H23N3O2.2CH4O3S/c20-10-17-11-21-12-19(17)22-24-14-16-6-8-18(9-7-16)23-13-15-4-2-1-3-5-15;2*1-5(2,3)4/h1-9,17,21H,10-14,20H2;2*1H3,(H,2,3,4)/b22-19+;;. The van der Waals surface area contributed by atoms with Gasteiger partial charge in [-0.05, 0) is 23.3 Å². The Hall–Kier alpha value is -2.55. The van der Waals surface area contributed by atoms with E-state index in [9.17, 15) is 16.8 Å². The minimum absolute atomic E-state index is 0.291. The van der Waals surface area contributed by atoms with Crippen LogP contribution in [0.1, 0.15) is 11.1 Å². The number of hydrogen-bond donors (Lipinski definition) is 4. The second-order valence-electron chi connectivity index (χ2n) is 7.30. The number of nitrogens with one attached hydrogen (secondary N) is 1. The van der Waals surface area contributed by atoms with Crippen LogP contribution in [0.25, 0.3) is 0 Å². The molecule has 0 aliphatic carbocycles. The summed E-state index contributed by atoms with van der Waals surface area (Å²) in [5, 5.41) is 7.46. The van der Waals surface area contributed by atoms with Gasteiger partial charge in [0, 0.05) is 25.6 Å². The molecule has 0 amide bonds. The van der Waals surface area contributed by atoms with E-state index in [4.69, 9.17) is 24.4 Å². The Morgan fingerprint density at radius 1 is 0.941 bits per heavy atom. The van der Waals surface area contributed by atoms with Crippen LogP contribution in [0.15, 0.2) is 59.8 Å². The second kappa shape index (κ2) is 14.7. The Labute approximate surface area is 200 Å². The number of nitrogens with two attached hydrogens (primary N) is 1. The van der Waals surface area contributed by atoms with E-state index in [0.29, 0.717) is 38.2 Å². The molecule has 0 spiro atoms. The highest BCUT2D eigenvalue weighted by molar-refractivity contribution is 7.85. The first-order valence-electron chi connectivity index (χ1n) is 10.0. The molecule has 0 aromatic heterocycles. The predicted octanol–water partition coefficient (Wildman–Crippen LogP) is 1.32. The monoisotopic (exact) mass is 517 g/mol. The summed E-state index contributed by atoms with van der Waals surface area (Å²) in [6.45, 7) is 3.25. The summed E-state index contributed by atoms with van der Waals surface area (Å²) in [5.41, 5.74) is 8.91. The van der Waals surface area contributed by atoms with Crippen LogP contribution in [-0.2, 0) is 38.3 Å². The van der Waals surface area contributed by atoms with Gasteiger partial charge < -0.3 is 20.6 Å². The normalized spacial score (nSPS) is 16.6. The van der Waals surface area contributed by atoms with Crippen molar-refractivity contribution < 1.29 is 35.5 Å². The van der Waals surface area contributed by atoms with Crippen molar-refractivity contribution in [3.8, 4) is 5.75 Å². The lowest BCUT2D eigenvalue weighted by Crippen LogP contribution is -2.22. The first kappa shape index (κ1) is 29.5. The van der Waals surface area contributed by atoms with Crippen LogP contribution in [0, 0.1) is 5.92 Å². The number of rotatable bonds is 7. The molecule has 1 atom stereocenters. The number of nitrogens with zero attached hydrogens (tertiary/aromatic N) is 1. The van der Waals surface area contributed by atoms with Gasteiger partial charge in [-0.15, -0.1) is 0 Å². The lowest BCUT2D eigenvalue weighted by Gasteiger charge is -2.08. The fourth-order valence-corrected chi connectivity index (χ4v) is 2.58. The van der Waals surface area contributed by atoms with Crippen LogP contribution < -0.4 is 15.8 Å². The summed E-state index contributed by atoms with van der Waals surface area (Å²) in [6, 6.07) is 18.0. The lowest BCUT2D eigenvalue weighted by atomic mass is 10.1. The summed E-state index contributed by atoms with van der Waals surface area (Å²) in [5.74, 6) is 1.14. The summed E-state index contributed by atoms with van der Waals surface area (Å²) in [6.07, 6.45) is 1.43. The highest BCUT2D eigenvalue weighted by Crippen LogP contribution is 2.15. The summed E-state index contributed by atoms with van der Waals surface area (Å²) in [4.78, 5) is 5.46. The topological polar surface area (TPSA) is 178 Å². The molecule has 11 nitrogen and oxygen atoms in total. The maximum Gasteiger partial charge on any atom is 0.261 e. The molecule has 1 saturated heterocycles. The summed E-state index contributed by atoms with van der Waals surface area (Å²) in [7, 11) is -7.33. The van der Waals surface area contributed by atoms with Crippen molar-refractivity contribution >= 4 is 25.9 Å². The molecule has 0 radical (unpaired) electrons. The molecular formula is C21H31N3O8S2. The largest absolute Gasteiger partial charge is 0.489 e. The van der Waals surface area contributed by atoms with Crippen molar-refractivity contribution in [2.45, 2.75) is 13.2 Å². The zero-order valence-electron chi connectivity index (χ0n) is 19.0. The third-order valence-electron chi connectivity index (χ3n) is 4.04. The SMILES string of the molecule is CS(=O)(=O)O.CS(=O)(=O)O.NCC1CNC/C1=N\OCc1ccc(OCc2ccccc2)cc1. The molecule has 1 unspecified atom stereocenters. The van der Waals surface area contributed by atoms with E-state index in [1.165, 1.54) is 0 Å². The molecule has 0 bridgehead atoms. The van der Waals surface area contributed by atoms with Crippen molar-refractivity contribution in [1.82, 2.24) is 5.32 Å². The minimum Gasteiger partial charge on any atom is -0.489 e. The van der Waals surface area contributed by atoms with E-state index in [2.05, 4.69) is 10.5 Å². The van der Waals surface area contributed by atoms with Gasteiger partial charge in [0.1, 0.15) is 19.0 Å². The smallest absolute Gasteiger partial charge is 0.261 e. The number of benzene rings is 2. The molecule has 5 N–H and O–H groups in total. The first-order valence-corrected chi connectivity index (χ1v) is 13.7. The van der Waals surface area contributed by atoms with E-state index in [-0.39, 0.29) is 0 Å². The van der Waals surface area contributed by atoms with Gasteiger partial charge in [0.2, 0.25) is 0 Å². The Bertz CT molecular complexity index is 1040. The van der Waals surface area contributed by atoms with Gasteiger partial charge in [0.25, 0.3) is 20.2 Å². The average molecular weight is 518 g/mol. The maximum absolute atomic E-state index is 9.19.